The second-order valence-corrected chi connectivity index (χ2v) is 6.56. The summed E-state index contributed by atoms with van der Waals surface area (Å²) in [4.78, 5) is 42.5. The van der Waals surface area contributed by atoms with Gasteiger partial charge in [-0.25, -0.2) is 9.79 Å². The first-order chi connectivity index (χ1) is 13.5. The summed E-state index contributed by atoms with van der Waals surface area (Å²) < 4.78 is 10.5. The van der Waals surface area contributed by atoms with Gasteiger partial charge in [-0.1, -0.05) is 19.1 Å². The number of ether oxygens (including phenoxy) is 2. The number of phenols is 1. The van der Waals surface area contributed by atoms with Gasteiger partial charge in [-0.2, -0.15) is 0 Å². The molecule has 0 radical (unpaired) electrons. The molecule has 28 heavy (non-hydrogen) atoms. The second-order valence-electron chi connectivity index (χ2n) is 6.56. The van der Waals surface area contributed by atoms with E-state index < -0.39 is 24.0 Å². The van der Waals surface area contributed by atoms with Crippen LogP contribution in [0.15, 0.2) is 29.3 Å². The molecule has 2 unspecified atom stereocenters. The number of nitrogens with zero attached hydrogens (tertiary/aromatic N) is 2. The van der Waals surface area contributed by atoms with Crippen LogP contribution >= 0.6 is 0 Å². The summed E-state index contributed by atoms with van der Waals surface area (Å²) >= 11 is 0. The molecule has 0 spiro atoms. The molecule has 1 aromatic carbocycles. The summed E-state index contributed by atoms with van der Waals surface area (Å²) in [6, 6.07) is 5.00. The van der Waals surface area contributed by atoms with E-state index in [1.807, 2.05) is 0 Å². The Hall–Kier alpha value is -2.94. The van der Waals surface area contributed by atoms with Crippen LogP contribution in [0.4, 0.5) is 4.79 Å². The highest BCUT2D eigenvalue weighted by molar-refractivity contribution is 6.09. The van der Waals surface area contributed by atoms with E-state index in [1.54, 1.807) is 24.0 Å². The molecule has 0 bridgehead atoms. The van der Waals surface area contributed by atoms with Crippen molar-refractivity contribution < 1.29 is 29.0 Å². The van der Waals surface area contributed by atoms with Crippen molar-refractivity contribution >= 4 is 23.6 Å². The van der Waals surface area contributed by atoms with Crippen molar-refractivity contribution in [2.75, 3.05) is 32.9 Å². The Morgan fingerprint density at radius 1 is 1.36 bits per heavy atom. The number of amides is 3. The molecule has 2 heterocycles. The van der Waals surface area contributed by atoms with Gasteiger partial charge < -0.3 is 24.8 Å². The van der Waals surface area contributed by atoms with Gasteiger partial charge in [0, 0.05) is 18.8 Å². The maximum absolute atomic E-state index is 12.8. The largest absolute Gasteiger partial charge is 0.508 e. The Labute approximate surface area is 162 Å². The van der Waals surface area contributed by atoms with E-state index in [9.17, 15) is 19.5 Å². The number of aliphatic imine (C=N–C) groups is 1. The minimum atomic E-state index is -0.873. The van der Waals surface area contributed by atoms with E-state index in [1.165, 1.54) is 12.1 Å². The van der Waals surface area contributed by atoms with Gasteiger partial charge in [-0.15, -0.1) is 0 Å². The molecule has 150 valence electrons. The predicted octanol–water partition coefficient (Wildman–Crippen LogP) is 1.03. The Morgan fingerprint density at radius 3 is 2.79 bits per heavy atom. The first-order valence-electron chi connectivity index (χ1n) is 9.18. The number of nitrogens with one attached hydrogen (secondary N) is 1. The molecule has 2 atom stereocenters. The standard InChI is InChI=1S/C19H23N3O6/c1-2-14-16(18(25)28-11-15(24)22-6-8-27-9-7-22)17(21-19(26)20-14)12-4-3-5-13(23)10-12/h3-5,10,16-17,23H,2,6-9,11H2,1H3,(H,21,26). The number of carbonyl (C=O) groups excluding carboxylic acids is 3. The number of phenolic OH excluding ortho intramolecular Hbond substituents is 1. The van der Waals surface area contributed by atoms with Crippen LogP contribution in [0.2, 0.25) is 0 Å². The molecular formula is C19H23N3O6. The monoisotopic (exact) mass is 389 g/mol. The van der Waals surface area contributed by atoms with E-state index >= 15 is 0 Å². The highest BCUT2D eigenvalue weighted by Gasteiger charge is 2.39. The van der Waals surface area contributed by atoms with Crippen molar-refractivity contribution in [3.05, 3.63) is 29.8 Å². The van der Waals surface area contributed by atoms with Crippen LogP contribution in [0.5, 0.6) is 5.75 Å². The van der Waals surface area contributed by atoms with Crippen molar-refractivity contribution in [2.24, 2.45) is 10.9 Å². The fraction of sp³-hybridized carbons (Fsp3) is 0.474. The summed E-state index contributed by atoms with van der Waals surface area (Å²) in [7, 11) is 0. The number of rotatable bonds is 5. The molecule has 9 nitrogen and oxygen atoms in total. The molecule has 1 saturated heterocycles. The lowest BCUT2D eigenvalue weighted by atomic mass is 9.86. The van der Waals surface area contributed by atoms with Crippen LogP contribution in [0.25, 0.3) is 0 Å². The van der Waals surface area contributed by atoms with Gasteiger partial charge in [0.2, 0.25) is 0 Å². The predicted molar refractivity (Wildman–Crippen MR) is 99.0 cm³/mol. The smallest absolute Gasteiger partial charge is 0.341 e. The van der Waals surface area contributed by atoms with Crippen molar-refractivity contribution in [1.82, 2.24) is 10.2 Å². The lowest BCUT2D eigenvalue weighted by molar-refractivity contribution is -0.155. The Morgan fingerprint density at radius 2 is 2.11 bits per heavy atom. The first kappa shape index (κ1) is 19.8. The molecule has 0 aromatic heterocycles. The number of esters is 1. The molecule has 2 aliphatic rings. The highest BCUT2D eigenvalue weighted by atomic mass is 16.5. The number of hydrogen-bond acceptors (Lipinski definition) is 6. The SMILES string of the molecule is CCC1=NC(=O)NC(c2cccc(O)c2)C1C(=O)OCC(=O)N1CCOCC1. The van der Waals surface area contributed by atoms with Crippen molar-refractivity contribution in [3.8, 4) is 5.75 Å². The quantitative estimate of drug-likeness (QED) is 0.726. The molecule has 2 aliphatic heterocycles. The van der Waals surface area contributed by atoms with Crippen molar-refractivity contribution in [2.45, 2.75) is 19.4 Å². The minimum Gasteiger partial charge on any atom is -0.508 e. The maximum Gasteiger partial charge on any atom is 0.341 e. The van der Waals surface area contributed by atoms with Gasteiger partial charge in [0.1, 0.15) is 11.7 Å². The summed E-state index contributed by atoms with van der Waals surface area (Å²) in [5.74, 6) is -1.79. The third-order valence-electron chi connectivity index (χ3n) is 4.76. The summed E-state index contributed by atoms with van der Waals surface area (Å²) in [5, 5.41) is 12.4. The average Bonchev–Trinajstić information content (AvgIpc) is 2.71. The number of urea groups is 1. The Bertz CT molecular complexity index is 788. The zero-order valence-corrected chi connectivity index (χ0v) is 15.6. The van der Waals surface area contributed by atoms with E-state index in [-0.39, 0.29) is 18.3 Å². The van der Waals surface area contributed by atoms with Gasteiger partial charge in [0.05, 0.1) is 19.3 Å². The van der Waals surface area contributed by atoms with Gasteiger partial charge >= 0.3 is 12.0 Å². The van der Waals surface area contributed by atoms with Crippen LogP contribution in [0, 0.1) is 5.92 Å². The number of morpholine rings is 1. The minimum absolute atomic E-state index is 0.0157. The van der Waals surface area contributed by atoms with E-state index in [0.717, 1.165) is 0 Å². The molecule has 9 heteroatoms. The zero-order valence-electron chi connectivity index (χ0n) is 15.6. The molecular weight excluding hydrogens is 366 g/mol. The Balaban J connectivity index is 1.76. The lowest BCUT2D eigenvalue weighted by Gasteiger charge is -2.31. The number of aromatic hydroxyl groups is 1. The van der Waals surface area contributed by atoms with Crippen molar-refractivity contribution in [1.29, 1.82) is 0 Å². The first-order valence-corrected chi connectivity index (χ1v) is 9.18. The molecule has 1 fully saturated rings. The molecule has 3 rings (SSSR count). The number of benzene rings is 1. The third kappa shape index (κ3) is 4.48. The summed E-state index contributed by atoms with van der Waals surface area (Å²) in [6.07, 6.45) is 0.375. The molecule has 2 N–H and O–H groups in total. The third-order valence-corrected chi connectivity index (χ3v) is 4.76. The summed E-state index contributed by atoms with van der Waals surface area (Å²) in [6.45, 7) is 3.25. The van der Waals surface area contributed by atoms with Crippen molar-refractivity contribution in [3.63, 3.8) is 0 Å². The normalized spacial score (nSPS) is 22.2. The number of hydrogen-bond donors (Lipinski definition) is 2. The molecule has 3 amide bonds. The molecule has 1 aromatic rings. The average molecular weight is 389 g/mol. The van der Waals surface area contributed by atoms with Gasteiger partial charge in [-0.05, 0) is 24.1 Å². The van der Waals surface area contributed by atoms with E-state index in [0.29, 0.717) is 44.0 Å². The van der Waals surface area contributed by atoms with E-state index in [2.05, 4.69) is 10.3 Å². The summed E-state index contributed by atoms with van der Waals surface area (Å²) in [5.41, 5.74) is 0.927. The van der Waals surface area contributed by atoms with Crippen LogP contribution < -0.4 is 5.32 Å². The molecule has 0 aliphatic carbocycles. The van der Waals surface area contributed by atoms with Gasteiger partial charge in [0.15, 0.2) is 6.61 Å². The molecule has 0 saturated carbocycles. The maximum atomic E-state index is 12.8. The Kier molecular flexibility index (Phi) is 6.25. The van der Waals surface area contributed by atoms with Gasteiger partial charge in [0.25, 0.3) is 5.91 Å². The van der Waals surface area contributed by atoms with Crippen LogP contribution in [0.1, 0.15) is 24.9 Å². The topological polar surface area (TPSA) is 118 Å². The fourth-order valence-electron chi connectivity index (χ4n) is 3.33. The van der Waals surface area contributed by atoms with Crippen LogP contribution in [-0.4, -0.2) is 66.5 Å². The van der Waals surface area contributed by atoms with Crippen LogP contribution in [0.3, 0.4) is 0 Å². The van der Waals surface area contributed by atoms with Gasteiger partial charge in [-0.3, -0.25) is 9.59 Å². The lowest BCUT2D eigenvalue weighted by Crippen LogP contribution is -2.46. The fourth-order valence-corrected chi connectivity index (χ4v) is 3.33. The number of carbonyl (C=O) groups is 3. The second kappa shape index (κ2) is 8.83. The highest BCUT2D eigenvalue weighted by Crippen LogP contribution is 2.30. The van der Waals surface area contributed by atoms with Crippen LogP contribution in [-0.2, 0) is 19.1 Å². The zero-order chi connectivity index (χ0) is 20.1. The van der Waals surface area contributed by atoms with E-state index in [4.69, 9.17) is 9.47 Å².